The summed E-state index contributed by atoms with van der Waals surface area (Å²) in [5.74, 6) is -0.105. The molecule has 1 N–H and O–H groups in total. The molecular weight excluding hydrogens is 344 g/mol. The topological polar surface area (TPSA) is 90.8 Å². The normalized spacial score (nSPS) is 20.9. The molecule has 0 radical (unpaired) electrons. The number of piperazine rings is 1. The van der Waals surface area contributed by atoms with Crippen LogP contribution in [0.25, 0.3) is 0 Å². The zero-order chi connectivity index (χ0) is 18.0. The third-order valence-corrected chi connectivity index (χ3v) is 6.74. The molecule has 1 amide bonds. The summed E-state index contributed by atoms with van der Waals surface area (Å²) in [6.07, 6.45) is 3.65. The molecule has 0 atom stereocenters. The molecule has 1 aromatic rings. The number of amides is 1. The van der Waals surface area contributed by atoms with Crippen LogP contribution in [-0.4, -0.2) is 83.4 Å². The van der Waals surface area contributed by atoms with Crippen molar-refractivity contribution in [2.75, 3.05) is 51.1 Å². The molecule has 1 aromatic heterocycles. The van der Waals surface area contributed by atoms with Crippen LogP contribution < -0.4 is 5.32 Å². The Morgan fingerprint density at radius 3 is 2.28 bits per heavy atom. The van der Waals surface area contributed by atoms with E-state index in [1.54, 1.807) is 15.2 Å². The van der Waals surface area contributed by atoms with Crippen molar-refractivity contribution in [2.24, 2.45) is 7.05 Å². The Morgan fingerprint density at radius 2 is 1.72 bits per heavy atom. The zero-order valence-corrected chi connectivity index (χ0v) is 15.6. The van der Waals surface area contributed by atoms with Crippen LogP contribution in [0.15, 0.2) is 6.20 Å². The van der Waals surface area contributed by atoms with Crippen LogP contribution in [0.5, 0.6) is 0 Å². The number of hydrogen-bond acceptors (Lipinski definition) is 5. The predicted molar refractivity (Wildman–Crippen MR) is 94.3 cm³/mol. The first-order valence-corrected chi connectivity index (χ1v) is 10.0. The lowest BCUT2D eigenvalue weighted by atomic mass is 10.3. The number of nitrogens with zero attached hydrogens (tertiary/aromatic N) is 5. The van der Waals surface area contributed by atoms with Gasteiger partial charge < -0.3 is 5.32 Å². The maximum absolute atomic E-state index is 12.5. The standard InChI is InChI=1S/C15H26N6O3S/c1-13-14(11-18(2)17-13)16-15(22)12-19-7-9-21(10-8-19)25(23,24)20-5-3-4-6-20/h11H,3-10,12H2,1-2H3,(H,16,22). The number of carbonyl (C=O) groups is 1. The Hall–Kier alpha value is -1.49. The average molecular weight is 370 g/mol. The highest BCUT2D eigenvalue weighted by Crippen LogP contribution is 2.18. The van der Waals surface area contributed by atoms with Gasteiger partial charge in [-0.25, -0.2) is 0 Å². The number of hydrogen-bond donors (Lipinski definition) is 1. The summed E-state index contributed by atoms with van der Waals surface area (Å²) in [6.45, 7) is 5.32. The van der Waals surface area contributed by atoms with Gasteiger partial charge in [-0.1, -0.05) is 0 Å². The molecule has 0 spiro atoms. The average Bonchev–Trinajstić information content (AvgIpc) is 3.19. The second-order valence-corrected chi connectivity index (χ2v) is 8.57. The lowest BCUT2D eigenvalue weighted by Gasteiger charge is -2.35. The van der Waals surface area contributed by atoms with Crippen LogP contribution in [0.3, 0.4) is 0 Å². The number of anilines is 1. The molecule has 2 fully saturated rings. The highest BCUT2D eigenvalue weighted by atomic mass is 32.2. The molecule has 2 aliphatic rings. The SMILES string of the molecule is Cc1nn(C)cc1NC(=O)CN1CCN(S(=O)(=O)N2CCCC2)CC1. The van der Waals surface area contributed by atoms with Gasteiger partial charge in [0.05, 0.1) is 17.9 Å². The smallest absolute Gasteiger partial charge is 0.282 e. The van der Waals surface area contributed by atoms with Crippen molar-refractivity contribution < 1.29 is 13.2 Å². The summed E-state index contributed by atoms with van der Waals surface area (Å²) in [4.78, 5) is 14.2. The fourth-order valence-electron chi connectivity index (χ4n) is 3.32. The van der Waals surface area contributed by atoms with E-state index in [0.29, 0.717) is 45.0 Å². The first kappa shape index (κ1) is 18.3. The maximum atomic E-state index is 12.5. The highest BCUT2D eigenvalue weighted by molar-refractivity contribution is 7.86. The molecule has 3 rings (SSSR count). The van der Waals surface area contributed by atoms with Crippen molar-refractivity contribution in [2.45, 2.75) is 19.8 Å². The molecule has 0 unspecified atom stereocenters. The maximum Gasteiger partial charge on any atom is 0.282 e. The summed E-state index contributed by atoms with van der Waals surface area (Å²) in [7, 11) is -1.53. The molecule has 3 heterocycles. The van der Waals surface area contributed by atoms with Gasteiger partial charge in [0.25, 0.3) is 10.2 Å². The van der Waals surface area contributed by atoms with E-state index in [9.17, 15) is 13.2 Å². The van der Waals surface area contributed by atoms with Gasteiger partial charge in [0.2, 0.25) is 5.91 Å². The third-order valence-electron chi connectivity index (χ3n) is 4.70. The van der Waals surface area contributed by atoms with Crippen molar-refractivity contribution in [1.29, 1.82) is 0 Å². The minimum Gasteiger partial charge on any atom is -0.322 e. The monoisotopic (exact) mass is 370 g/mol. The van der Waals surface area contributed by atoms with Gasteiger partial charge in [-0.05, 0) is 19.8 Å². The van der Waals surface area contributed by atoms with Crippen molar-refractivity contribution in [3.63, 3.8) is 0 Å². The van der Waals surface area contributed by atoms with Crippen LogP contribution in [0, 0.1) is 6.92 Å². The largest absolute Gasteiger partial charge is 0.322 e. The molecule has 0 aromatic carbocycles. The van der Waals surface area contributed by atoms with Crippen molar-refractivity contribution in [1.82, 2.24) is 23.3 Å². The number of nitrogens with one attached hydrogen (secondary N) is 1. The molecule has 0 saturated carbocycles. The number of rotatable bonds is 5. The van der Waals surface area contributed by atoms with E-state index in [-0.39, 0.29) is 12.5 Å². The third kappa shape index (κ3) is 4.20. The van der Waals surface area contributed by atoms with Gasteiger partial charge in [0.1, 0.15) is 0 Å². The number of aromatic nitrogens is 2. The minimum absolute atomic E-state index is 0.105. The van der Waals surface area contributed by atoms with E-state index in [1.807, 2.05) is 18.9 Å². The molecule has 0 aliphatic carbocycles. The van der Waals surface area contributed by atoms with Gasteiger partial charge in [-0.2, -0.15) is 22.1 Å². The Balaban J connectivity index is 1.49. The first-order chi connectivity index (χ1) is 11.9. The van der Waals surface area contributed by atoms with Crippen LogP contribution in [0.4, 0.5) is 5.69 Å². The van der Waals surface area contributed by atoms with Gasteiger partial charge in [0.15, 0.2) is 0 Å². The molecule has 140 valence electrons. The van der Waals surface area contributed by atoms with Crippen LogP contribution in [0.2, 0.25) is 0 Å². The van der Waals surface area contributed by atoms with E-state index in [0.717, 1.165) is 18.5 Å². The van der Waals surface area contributed by atoms with E-state index in [1.165, 1.54) is 4.31 Å². The summed E-state index contributed by atoms with van der Waals surface area (Å²) in [6, 6.07) is 0. The predicted octanol–water partition coefficient (Wildman–Crippen LogP) is -0.375. The van der Waals surface area contributed by atoms with Gasteiger partial charge in [0, 0.05) is 52.5 Å². The van der Waals surface area contributed by atoms with Gasteiger partial charge >= 0.3 is 0 Å². The minimum atomic E-state index is -3.34. The van der Waals surface area contributed by atoms with Crippen molar-refractivity contribution in [3.8, 4) is 0 Å². The quantitative estimate of drug-likeness (QED) is 0.763. The summed E-state index contributed by atoms with van der Waals surface area (Å²) in [5, 5.41) is 7.06. The van der Waals surface area contributed by atoms with E-state index in [4.69, 9.17) is 0 Å². The molecule has 9 nitrogen and oxygen atoms in total. The lowest BCUT2D eigenvalue weighted by Crippen LogP contribution is -2.53. The van der Waals surface area contributed by atoms with Crippen molar-refractivity contribution in [3.05, 3.63) is 11.9 Å². The summed E-state index contributed by atoms with van der Waals surface area (Å²) >= 11 is 0. The number of aryl methyl sites for hydroxylation is 2. The molecule has 0 bridgehead atoms. The Morgan fingerprint density at radius 1 is 1.12 bits per heavy atom. The molecule has 2 saturated heterocycles. The fraction of sp³-hybridized carbons (Fsp3) is 0.733. The van der Waals surface area contributed by atoms with Crippen LogP contribution in [0.1, 0.15) is 18.5 Å². The van der Waals surface area contributed by atoms with Gasteiger partial charge in [-0.15, -0.1) is 0 Å². The van der Waals surface area contributed by atoms with E-state index >= 15 is 0 Å². The summed E-state index contributed by atoms with van der Waals surface area (Å²) in [5.41, 5.74) is 1.49. The summed E-state index contributed by atoms with van der Waals surface area (Å²) < 4.78 is 29.9. The lowest BCUT2D eigenvalue weighted by molar-refractivity contribution is -0.117. The second kappa shape index (κ2) is 7.40. The highest BCUT2D eigenvalue weighted by Gasteiger charge is 2.33. The van der Waals surface area contributed by atoms with Crippen LogP contribution >= 0.6 is 0 Å². The molecule has 25 heavy (non-hydrogen) atoms. The van der Waals surface area contributed by atoms with E-state index in [2.05, 4.69) is 10.4 Å². The Kier molecular flexibility index (Phi) is 5.42. The zero-order valence-electron chi connectivity index (χ0n) is 14.8. The second-order valence-electron chi connectivity index (χ2n) is 6.64. The van der Waals surface area contributed by atoms with Crippen LogP contribution in [-0.2, 0) is 22.1 Å². The molecular formula is C15H26N6O3S. The number of carbonyl (C=O) groups excluding carboxylic acids is 1. The Bertz CT molecular complexity index is 718. The molecule has 10 heteroatoms. The van der Waals surface area contributed by atoms with E-state index < -0.39 is 10.2 Å². The van der Waals surface area contributed by atoms with Crippen molar-refractivity contribution >= 4 is 21.8 Å². The fourth-order valence-corrected chi connectivity index (χ4v) is 4.99. The molecule has 2 aliphatic heterocycles. The Labute approximate surface area is 148 Å². The first-order valence-electron chi connectivity index (χ1n) is 8.64. The van der Waals surface area contributed by atoms with Gasteiger partial charge in [-0.3, -0.25) is 14.4 Å².